The zero-order chi connectivity index (χ0) is 19.6. The number of nitrogens with zero attached hydrogens (tertiary/aromatic N) is 2. The highest BCUT2D eigenvalue weighted by Gasteiger charge is 2.55. The lowest BCUT2D eigenvalue weighted by Crippen LogP contribution is -2.47. The van der Waals surface area contributed by atoms with Gasteiger partial charge in [0.25, 0.3) is 5.91 Å². The first-order chi connectivity index (χ1) is 13.6. The molecule has 1 N–H and O–H groups in total. The molecule has 2 heterocycles. The van der Waals surface area contributed by atoms with Crippen LogP contribution < -0.4 is 5.43 Å². The highest BCUT2D eigenvalue weighted by atomic mass is 16.5. The molecule has 1 unspecified atom stereocenters. The highest BCUT2D eigenvalue weighted by Crippen LogP contribution is 2.32. The van der Waals surface area contributed by atoms with Crippen molar-refractivity contribution in [1.82, 2.24) is 10.3 Å². The Morgan fingerprint density at radius 2 is 1.64 bits per heavy atom. The summed E-state index contributed by atoms with van der Waals surface area (Å²) in [4.78, 5) is 38.9. The molecule has 7 nitrogen and oxygen atoms in total. The van der Waals surface area contributed by atoms with Crippen LogP contribution in [0.3, 0.4) is 0 Å². The zero-order valence-corrected chi connectivity index (χ0v) is 15.1. The number of benzene rings is 2. The van der Waals surface area contributed by atoms with Crippen molar-refractivity contribution in [1.29, 1.82) is 0 Å². The average Bonchev–Trinajstić information content (AvgIpc) is 3.25. The maximum absolute atomic E-state index is 12.9. The first kappa shape index (κ1) is 17.9. The smallest absolute Gasteiger partial charge is 0.354 e. The van der Waals surface area contributed by atoms with E-state index in [0.29, 0.717) is 0 Å². The van der Waals surface area contributed by atoms with Gasteiger partial charge < -0.3 is 4.74 Å². The van der Waals surface area contributed by atoms with E-state index in [-0.39, 0.29) is 43.5 Å². The van der Waals surface area contributed by atoms with Crippen molar-refractivity contribution in [2.75, 3.05) is 0 Å². The van der Waals surface area contributed by atoms with E-state index in [9.17, 15) is 14.4 Å². The van der Waals surface area contributed by atoms with Crippen LogP contribution in [0.25, 0.3) is 0 Å². The molecule has 2 aliphatic rings. The molecule has 28 heavy (non-hydrogen) atoms. The number of ether oxygens (including phenoxy) is 1. The van der Waals surface area contributed by atoms with Crippen LogP contribution in [0.1, 0.15) is 24.0 Å². The van der Waals surface area contributed by atoms with Crippen LogP contribution in [0.15, 0.2) is 65.8 Å². The molecule has 0 radical (unpaired) electrons. The Balaban J connectivity index is 1.40. The molecule has 0 aromatic heterocycles. The monoisotopic (exact) mass is 377 g/mol. The van der Waals surface area contributed by atoms with Gasteiger partial charge in [0.1, 0.15) is 17.9 Å². The van der Waals surface area contributed by atoms with Crippen molar-refractivity contribution in [2.45, 2.75) is 31.5 Å². The minimum absolute atomic E-state index is 0.0301. The van der Waals surface area contributed by atoms with Crippen LogP contribution in [-0.4, -0.2) is 33.9 Å². The van der Waals surface area contributed by atoms with Crippen molar-refractivity contribution in [3.63, 3.8) is 0 Å². The van der Waals surface area contributed by atoms with E-state index < -0.39 is 11.5 Å². The van der Waals surface area contributed by atoms with Gasteiger partial charge >= 0.3 is 5.97 Å². The van der Waals surface area contributed by atoms with Crippen LogP contribution in [-0.2, 0) is 32.3 Å². The number of hydrazone groups is 1. The Morgan fingerprint density at radius 1 is 1.00 bits per heavy atom. The molecule has 142 valence electrons. The van der Waals surface area contributed by atoms with E-state index in [4.69, 9.17) is 4.74 Å². The molecule has 2 aromatic rings. The molecule has 1 spiro atoms. The number of likely N-dealkylation sites (tertiary alicyclic amines) is 1. The minimum atomic E-state index is -1.19. The summed E-state index contributed by atoms with van der Waals surface area (Å²) < 4.78 is 5.28. The van der Waals surface area contributed by atoms with E-state index in [2.05, 4.69) is 10.5 Å². The van der Waals surface area contributed by atoms with Gasteiger partial charge in [-0.3, -0.25) is 19.9 Å². The van der Waals surface area contributed by atoms with Gasteiger partial charge in [0.05, 0.1) is 13.0 Å². The third-order valence-electron chi connectivity index (χ3n) is 4.91. The second-order valence-electron chi connectivity index (χ2n) is 6.94. The second kappa shape index (κ2) is 7.26. The van der Waals surface area contributed by atoms with Gasteiger partial charge in [0.2, 0.25) is 5.91 Å². The topological polar surface area (TPSA) is 88.1 Å². The van der Waals surface area contributed by atoms with Gasteiger partial charge in [-0.2, -0.15) is 5.10 Å². The number of carbonyl (C=O) groups is 3. The molecule has 2 aliphatic heterocycles. The summed E-state index contributed by atoms with van der Waals surface area (Å²) in [7, 11) is 0. The average molecular weight is 377 g/mol. The Kier molecular flexibility index (Phi) is 4.65. The van der Waals surface area contributed by atoms with Crippen LogP contribution in [0.5, 0.6) is 0 Å². The fraction of sp³-hybridized carbons (Fsp3) is 0.238. The second-order valence-corrected chi connectivity index (χ2v) is 6.94. The van der Waals surface area contributed by atoms with Crippen molar-refractivity contribution >= 4 is 23.5 Å². The summed E-state index contributed by atoms with van der Waals surface area (Å²) in [6, 6.07) is 18.6. The standard InChI is InChI=1S/C21H19N3O4/c25-18-12-21(20(27)24(18)13-15-7-3-1-4-8-15)11-17(22-23-21)19(26)28-14-16-9-5-2-6-10-16/h1-10,23H,11-14H2. The molecule has 0 bridgehead atoms. The van der Waals surface area contributed by atoms with Crippen molar-refractivity contribution < 1.29 is 19.1 Å². The summed E-state index contributed by atoms with van der Waals surface area (Å²) in [5.41, 5.74) is 3.39. The van der Waals surface area contributed by atoms with Gasteiger partial charge in [-0.1, -0.05) is 60.7 Å². The fourth-order valence-electron chi connectivity index (χ4n) is 3.42. The van der Waals surface area contributed by atoms with Gasteiger partial charge in [0, 0.05) is 6.42 Å². The number of amides is 2. The molecule has 0 aliphatic carbocycles. The van der Waals surface area contributed by atoms with Crippen molar-refractivity contribution in [2.24, 2.45) is 5.10 Å². The quantitative estimate of drug-likeness (QED) is 0.634. The molecular formula is C21H19N3O4. The summed E-state index contributed by atoms with van der Waals surface area (Å²) >= 11 is 0. The number of esters is 1. The van der Waals surface area contributed by atoms with Crippen LogP contribution in [0.2, 0.25) is 0 Å². The third-order valence-corrected chi connectivity index (χ3v) is 4.91. The number of hydrogen-bond donors (Lipinski definition) is 1. The normalized spacial score (nSPS) is 21.0. The van der Waals surface area contributed by atoms with E-state index in [1.807, 2.05) is 60.7 Å². The predicted octanol–water partition coefficient (Wildman–Crippen LogP) is 1.78. The van der Waals surface area contributed by atoms with Gasteiger partial charge in [-0.05, 0) is 11.1 Å². The maximum Gasteiger partial charge on any atom is 0.354 e. The lowest BCUT2D eigenvalue weighted by Gasteiger charge is -2.21. The molecule has 4 rings (SSSR count). The Bertz CT molecular complexity index is 943. The Labute approximate surface area is 162 Å². The minimum Gasteiger partial charge on any atom is -0.456 e. The van der Waals surface area contributed by atoms with Crippen LogP contribution in [0, 0.1) is 0 Å². The van der Waals surface area contributed by atoms with Gasteiger partial charge in [0.15, 0.2) is 0 Å². The van der Waals surface area contributed by atoms with Crippen molar-refractivity contribution in [3.05, 3.63) is 71.8 Å². The van der Waals surface area contributed by atoms with Gasteiger partial charge in [-0.25, -0.2) is 4.79 Å². The third kappa shape index (κ3) is 3.38. The zero-order valence-electron chi connectivity index (χ0n) is 15.1. The molecule has 2 amide bonds. The van der Waals surface area contributed by atoms with Gasteiger partial charge in [-0.15, -0.1) is 0 Å². The predicted molar refractivity (Wildman–Crippen MR) is 101 cm³/mol. The molecule has 1 saturated heterocycles. The number of nitrogens with one attached hydrogen (secondary N) is 1. The molecule has 1 fully saturated rings. The first-order valence-electron chi connectivity index (χ1n) is 9.01. The largest absolute Gasteiger partial charge is 0.456 e. The van der Waals surface area contributed by atoms with Crippen LogP contribution >= 0.6 is 0 Å². The van der Waals surface area contributed by atoms with Crippen molar-refractivity contribution in [3.8, 4) is 0 Å². The summed E-state index contributed by atoms with van der Waals surface area (Å²) in [5.74, 6) is -1.23. The number of hydrogen-bond acceptors (Lipinski definition) is 6. The van der Waals surface area contributed by atoms with E-state index in [0.717, 1.165) is 11.1 Å². The SMILES string of the molecule is O=C(OCc1ccccc1)C1=NNC2(CC(=O)N(Cc3ccccc3)C2=O)C1. The Morgan fingerprint density at radius 3 is 2.32 bits per heavy atom. The molecule has 0 saturated carbocycles. The van der Waals surface area contributed by atoms with E-state index >= 15 is 0 Å². The molecular weight excluding hydrogens is 358 g/mol. The molecule has 2 aromatic carbocycles. The molecule has 7 heteroatoms. The highest BCUT2D eigenvalue weighted by molar-refractivity contribution is 6.38. The summed E-state index contributed by atoms with van der Waals surface area (Å²) in [6.45, 7) is 0.328. The fourth-order valence-corrected chi connectivity index (χ4v) is 3.42. The lowest BCUT2D eigenvalue weighted by molar-refractivity contribution is -0.140. The van der Waals surface area contributed by atoms with E-state index in [1.54, 1.807) is 0 Å². The number of rotatable bonds is 5. The number of imide groups is 1. The maximum atomic E-state index is 12.9. The number of carbonyl (C=O) groups excluding carboxylic acids is 3. The van der Waals surface area contributed by atoms with Crippen LogP contribution in [0.4, 0.5) is 0 Å². The summed E-state index contributed by atoms with van der Waals surface area (Å²) in [5, 5.41) is 4.00. The van der Waals surface area contributed by atoms with E-state index in [1.165, 1.54) is 4.90 Å². The lowest BCUT2D eigenvalue weighted by atomic mass is 9.93. The summed E-state index contributed by atoms with van der Waals surface area (Å²) in [6.07, 6.45) is 0.00805. The Hall–Kier alpha value is -3.48. The molecule has 1 atom stereocenters. The first-order valence-corrected chi connectivity index (χ1v) is 9.01.